The molecule has 0 aromatic carbocycles. The zero-order valence-corrected chi connectivity index (χ0v) is 21.3. The Morgan fingerprint density at radius 2 is 1.50 bits per heavy atom. The molecule has 4 saturated carbocycles. The summed E-state index contributed by atoms with van der Waals surface area (Å²) in [7, 11) is 0. The Kier molecular flexibility index (Phi) is 7.27. The van der Waals surface area contributed by atoms with Gasteiger partial charge in [-0.1, -0.05) is 40.5 Å². The Hall–Kier alpha value is -0.280. The Balaban J connectivity index is 1.66. The first-order chi connectivity index (χ1) is 15.8. The number of hydrogen-bond donors (Lipinski definition) is 7. The van der Waals surface area contributed by atoms with Crippen molar-refractivity contribution in [2.45, 2.75) is 115 Å². The molecule has 7 nitrogen and oxygen atoms in total. The van der Waals surface area contributed by atoms with Gasteiger partial charge >= 0.3 is 0 Å². The third-order valence-corrected chi connectivity index (χ3v) is 11.2. The van der Waals surface area contributed by atoms with E-state index in [0.717, 1.165) is 25.7 Å². The van der Waals surface area contributed by atoms with Crippen LogP contribution in [0.5, 0.6) is 0 Å². The van der Waals surface area contributed by atoms with Crippen molar-refractivity contribution in [1.82, 2.24) is 0 Å². The summed E-state index contributed by atoms with van der Waals surface area (Å²) in [6.45, 7) is 8.38. The molecule has 4 fully saturated rings. The minimum absolute atomic E-state index is 0.101. The maximum absolute atomic E-state index is 12.3. The van der Waals surface area contributed by atoms with E-state index >= 15 is 0 Å². The van der Waals surface area contributed by atoms with Gasteiger partial charge in [-0.25, -0.2) is 0 Å². The predicted octanol–water partition coefficient (Wildman–Crippen LogP) is 1.44. The van der Waals surface area contributed by atoms with E-state index in [1.165, 1.54) is 0 Å². The van der Waals surface area contributed by atoms with Crippen LogP contribution in [0.2, 0.25) is 0 Å². The molecule has 0 aromatic rings. The zero-order chi connectivity index (χ0) is 25.2. The highest BCUT2D eigenvalue weighted by Gasteiger charge is 2.75. The minimum atomic E-state index is -1.71. The molecule has 0 aliphatic heterocycles. The summed E-state index contributed by atoms with van der Waals surface area (Å²) in [5.74, 6) is -1.28. The predicted molar refractivity (Wildman–Crippen MR) is 128 cm³/mol. The van der Waals surface area contributed by atoms with Gasteiger partial charge < -0.3 is 35.7 Å². The van der Waals surface area contributed by atoms with Gasteiger partial charge in [0.25, 0.3) is 0 Å². The average molecular weight is 485 g/mol. The highest BCUT2D eigenvalue weighted by atomic mass is 16.4. The summed E-state index contributed by atoms with van der Waals surface area (Å²) in [6, 6.07) is 0. The number of hydrogen-bond acceptors (Lipinski definition) is 7. The van der Waals surface area contributed by atoms with Crippen LogP contribution in [0.4, 0.5) is 0 Å². The van der Waals surface area contributed by atoms with Crippen LogP contribution in [0.1, 0.15) is 79.1 Å². The molecule has 198 valence electrons. The minimum Gasteiger partial charge on any atom is -0.396 e. The smallest absolute Gasteiger partial charge is 0.109 e. The van der Waals surface area contributed by atoms with E-state index in [4.69, 9.17) is 0 Å². The summed E-state index contributed by atoms with van der Waals surface area (Å²) in [6.07, 6.45) is 0.370. The molecule has 1 unspecified atom stereocenters. The van der Waals surface area contributed by atoms with Crippen molar-refractivity contribution in [3.05, 3.63) is 0 Å². The van der Waals surface area contributed by atoms with Gasteiger partial charge in [0.15, 0.2) is 0 Å². The van der Waals surface area contributed by atoms with Crippen LogP contribution in [0.15, 0.2) is 0 Å². The zero-order valence-electron chi connectivity index (χ0n) is 21.3. The second-order valence-corrected chi connectivity index (χ2v) is 13.1. The largest absolute Gasteiger partial charge is 0.396 e. The molecule has 0 spiro atoms. The number of fused-ring (bicyclic) bond motifs is 5. The van der Waals surface area contributed by atoms with E-state index in [-0.39, 0.29) is 36.2 Å². The summed E-state index contributed by atoms with van der Waals surface area (Å²) < 4.78 is 0. The Bertz CT molecular complexity index is 734. The Morgan fingerprint density at radius 1 is 0.853 bits per heavy atom. The first-order valence-electron chi connectivity index (χ1n) is 13.6. The topological polar surface area (TPSA) is 142 Å². The van der Waals surface area contributed by atoms with Gasteiger partial charge in [-0.05, 0) is 78.9 Å². The lowest BCUT2D eigenvalue weighted by Gasteiger charge is -2.67. The highest BCUT2D eigenvalue weighted by molar-refractivity contribution is 5.24. The van der Waals surface area contributed by atoms with E-state index in [1.54, 1.807) is 0 Å². The molecule has 0 bridgehead atoms. The summed E-state index contributed by atoms with van der Waals surface area (Å²) >= 11 is 0. The summed E-state index contributed by atoms with van der Waals surface area (Å²) in [5, 5.41) is 77.2. The monoisotopic (exact) mass is 484 g/mol. The second-order valence-electron chi connectivity index (χ2n) is 13.1. The van der Waals surface area contributed by atoms with Crippen molar-refractivity contribution in [2.24, 2.45) is 46.3 Å². The van der Waals surface area contributed by atoms with E-state index < -0.39 is 52.9 Å². The molecular weight excluding hydrogens is 436 g/mol. The molecule has 4 aliphatic rings. The molecule has 14 atom stereocenters. The third kappa shape index (κ3) is 3.72. The highest BCUT2D eigenvalue weighted by Crippen LogP contribution is 2.69. The molecule has 7 N–H and O–H groups in total. The van der Waals surface area contributed by atoms with E-state index in [0.29, 0.717) is 25.7 Å². The first kappa shape index (κ1) is 26.8. The molecular formula is C27H48O7. The van der Waals surface area contributed by atoms with Gasteiger partial charge in [-0.15, -0.1) is 0 Å². The molecule has 0 heterocycles. The molecule has 0 radical (unpaired) electrons. The van der Waals surface area contributed by atoms with E-state index in [9.17, 15) is 35.7 Å². The Labute approximate surface area is 204 Å². The molecule has 0 aromatic heterocycles. The first-order valence-corrected chi connectivity index (χ1v) is 13.6. The van der Waals surface area contributed by atoms with Gasteiger partial charge in [-0.3, -0.25) is 0 Å². The summed E-state index contributed by atoms with van der Waals surface area (Å²) in [4.78, 5) is 0. The van der Waals surface area contributed by atoms with E-state index in [2.05, 4.69) is 13.8 Å². The van der Waals surface area contributed by atoms with Crippen LogP contribution >= 0.6 is 0 Å². The quantitative estimate of drug-likeness (QED) is 0.302. The number of rotatable bonds is 6. The SMILES string of the molecule is CC(CO)CCC[C@@H](C)[C@H]1[C@@H](O)[C@H](O)[C@@H]2[C@]1(C)CC[C@@H]1[C@@]3(C)CC[C@H](O)C[C@@H]3[C@@H](O)[C@@H](O)[C@]12O. The van der Waals surface area contributed by atoms with Gasteiger partial charge in [0.2, 0.25) is 0 Å². The molecule has 0 saturated heterocycles. The third-order valence-electron chi connectivity index (χ3n) is 11.2. The van der Waals surface area contributed by atoms with Crippen molar-refractivity contribution >= 4 is 0 Å². The molecule has 4 aliphatic carbocycles. The van der Waals surface area contributed by atoms with Gasteiger partial charge in [0.05, 0.1) is 24.4 Å². The van der Waals surface area contributed by atoms with Crippen LogP contribution in [0.25, 0.3) is 0 Å². The van der Waals surface area contributed by atoms with E-state index in [1.807, 2.05) is 13.8 Å². The molecule has 34 heavy (non-hydrogen) atoms. The van der Waals surface area contributed by atoms with Gasteiger partial charge in [-0.2, -0.15) is 0 Å². The molecule has 7 heteroatoms. The van der Waals surface area contributed by atoms with Gasteiger partial charge in [0, 0.05) is 12.5 Å². The van der Waals surface area contributed by atoms with Crippen LogP contribution in [0, 0.1) is 46.3 Å². The van der Waals surface area contributed by atoms with Crippen molar-refractivity contribution in [2.75, 3.05) is 6.61 Å². The second kappa shape index (κ2) is 9.23. The number of aliphatic hydroxyl groups is 7. The van der Waals surface area contributed by atoms with Crippen molar-refractivity contribution in [1.29, 1.82) is 0 Å². The van der Waals surface area contributed by atoms with Crippen molar-refractivity contribution in [3.8, 4) is 0 Å². The maximum atomic E-state index is 12.3. The fraction of sp³-hybridized carbons (Fsp3) is 1.00. The van der Waals surface area contributed by atoms with Crippen LogP contribution in [-0.4, -0.2) is 78.5 Å². The summed E-state index contributed by atoms with van der Waals surface area (Å²) in [5.41, 5.74) is -2.74. The lowest BCUT2D eigenvalue weighted by Crippen LogP contribution is -2.75. The normalized spacial score (nSPS) is 54.6. The lowest BCUT2D eigenvalue weighted by molar-refractivity contribution is -0.309. The Morgan fingerprint density at radius 3 is 2.15 bits per heavy atom. The lowest BCUT2D eigenvalue weighted by atomic mass is 9.41. The maximum Gasteiger partial charge on any atom is 0.109 e. The fourth-order valence-electron chi connectivity index (χ4n) is 9.52. The average Bonchev–Trinajstić information content (AvgIpc) is 2.99. The molecule has 0 amide bonds. The van der Waals surface area contributed by atoms with Crippen molar-refractivity contribution < 1.29 is 35.7 Å². The van der Waals surface area contributed by atoms with Crippen LogP contribution in [0.3, 0.4) is 0 Å². The number of aliphatic hydroxyl groups excluding tert-OH is 6. The fourth-order valence-corrected chi connectivity index (χ4v) is 9.52. The molecule has 4 rings (SSSR count). The van der Waals surface area contributed by atoms with Crippen LogP contribution in [-0.2, 0) is 0 Å². The van der Waals surface area contributed by atoms with Crippen molar-refractivity contribution in [3.63, 3.8) is 0 Å². The van der Waals surface area contributed by atoms with Gasteiger partial charge in [0.1, 0.15) is 11.7 Å². The van der Waals surface area contributed by atoms with Crippen LogP contribution < -0.4 is 0 Å². The standard InChI is InChI=1S/C27H48O7/c1-14(13-28)6-5-7-15(2)19-21(31)22(32)23-26(19,4)11-9-18-25(3)10-8-16(29)12-17(25)20(30)24(33)27(18,23)34/h14-24,28-34H,5-13H2,1-4H3/t14?,15-,16+,17-,18-,19+,20-,21-,22+,23-,24-,25+,26-,27+/m1/s1.